The number of nitrogens with zero attached hydrogens (tertiary/aromatic N) is 3. The highest BCUT2D eigenvalue weighted by atomic mass is 79.9. The lowest BCUT2D eigenvalue weighted by molar-refractivity contribution is 0.551. The van der Waals surface area contributed by atoms with Crippen LogP contribution in [0.15, 0.2) is 44.7 Å². The molecule has 0 aliphatic carbocycles. The molecule has 0 aliphatic rings. The molecule has 0 bridgehead atoms. The lowest BCUT2D eigenvalue weighted by Gasteiger charge is -2.07. The van der Waals surface area contributed by atoms with Gasteiger partial charge in [0.1, 0.15) is 0 Å². The molecule has 90 valence electrons. The monoisotopic (exact) mass is 359 g/mol. The van der Waals surface area contributed by atoms with Gasteiger partial charge in [-0.3, -0.25) is 4.79 Å². The molecule has 0 unspecified atom stereocenters. The van der Waals surface area contributed by atoms with E-state index in [1.807, 2.05) is 10.8 Å². The predicted molar refractivity (Wildman–Crippen MR) is 72.9 cm³/mol. The van der Waals surface area contributed by atoms with E-state index in [2.05, 4.69) is 36.8 Å². The Bertz CT molecular complexity index is 548. The molecule has 2 aromatic rings. The number of rotatable bonds is 4. The molecule has 0 saturated carbocycles. The molecule has 2 rings (SSSR count). The van der Waals surface area contributed by atoms with Crippen LogP contribution in [0.5, 0.6) is 0 Å². The lowest BCUT2D eigenvalue weighted by Crippen LogP contribution is -2.20. The minimum absolute atomic E-state index is 0.00108. The van der Waals surface area contributed by atoms with E-state index in [0.29, 0.717) is 11.0 Å². The van der Waals surface area contributed by atoms with E-state index in [0.717, 1.165) is 17.4 Å². The van der Waals surface area contributed by atoms with Gasteiger partial charge in [-0.1, -0.05) is 0 Å². The summed E-state index contributed by atoms with van der Waals surface area (Å²) in [5.41, 5.74) is -0.00108. The Morgan fingerprint density at radius 1 is 1.29 bits per heavy atom. The Kier molecular flexibility index (Phi) is 4.17. The van der Waals surface area contributed by atoms with Crippen molar-refractivity contribution in [3.63, 3.8) is 0 Å². The van der Waals surface area contributed by atoms with E-state index in [1.54, 1.807) is 29.4 Å². The third-order valence-corrected chi connectivity index (χ3v) is 3.39. The molecule has 0 N–H and O–H groups in total. The zero-order valence-corrected chi connectivity index (χ0v) is 12.2. The van der Waals surface area contributed by atoms with Crippen LogP contribution in [-0.2, 0) is 13.1 Å². The fourth-order valence-corrected chi connectivity index (χ4v) is 2.83. The van der Waals surface area contributed by atoms with Crippen molar-refractivity contribution in [1.29, 1.82) is 0 Å². The molecule has 0 saturated heterocycles. The highest BCUT2D eigenvalue weighted by molar-refractivity contribution is 9.11. The summed E-state index contributed by atoms with van der Waals surface area (Å²) >= 11 is 6.62. The van der Waals surface area contributed by atoms with Crippen molar-refractivity contribution < 1.29 is 0 Å². The van der Waals surface area contributed by atoms with E-state index < -0.39 is 0 Å². The fourth-order valence-electron chi connectivity index (χ4n) is 1.57. The van der Waals surface area contributed by atoms with Crippen LogP contribution < -0.4 is 5.56 Å². The molecule has 0 atom stereocenters. The van der Waals surface area contributed by atoms with E-state index in [-0.39, 0.29) is 5.56 Å². The second-order valence-electron chi connectivity index (χ2n) is 3.66. The van der Waals surface area contributed by atoms with Crippen LogP contribution in [0.1, 0.15) is 6.42 Å². The van der Waals surface area contributed by atoms with Gasteiger partial charge in [0.05, 0.1) is 10.8 Å². The first-order chi connectivity index (χ1) is 8.16. The Hall–Kier alpha value is -0.880. The average Bonchev–Trinajstić information content (AvgIpc) is 2.78. The topological polar surface area (TPSA) is 39.8 Å². The van der Waals surface area contributed by atoms with Gasteiger partial charge in [0.2, 0.25) is 0 Å². The average molecular weight is 361 g/mol. The van der Waals surface area contributed by atoms with Gasteiger partial charge >= 0.3 is 0 Å². The van der Waals surface area contributed by atoms with E-state index in [9.17, 15) is 4.79 Å². The Morgan fingerprint density at radius 3 is 2.82 bits per heavy atom. The molecular weight excluding hydrogens is 350 g/mol. The van der Waals surface area contributed by atoms with Crippen LogP contribution in [-0.4, -0.2) is 14.1 Å². The first-order valence-corrected chi connectivity index (χ1v) is 6.76. The minimum Gasteiger partial charge on any atom is -0.337 e. The summed E-state index contributed by atoms with van der Waals surface area (Å²) in [6.45, 7) is 1.55. The van der Waals surface area contributed by atoms with E-state index >= 15 is 0 Å². The number of aryl methyl sites for hydroxylation is 2. The minimum atomic E-state index is -0.00108. The van der Waals surface area contributed by atoms with Crippen molar-refractivity contribution in [2.75, 3.05) is 0 Å². The van der Waals surface area contributed by atoms with Gasteiger partial charge < -0.3 is 9.13 Å². The summed E-state index contributed by atoms with van der Waals surface area (Å²) < 4.78 is 5.17. The van der Waals surface area contributed by atoms with Crippen LogP contribution in [0.2, 0.25) is 0 Å². The van der Waals surface area contributed by atoms with Crippen molar-refractivity contribution >= 4 is 31.9 Å². The highest BCUT2D eigenvalue weighted by Gasteiger charge is 2.02. The Morgan fingerprint density at radius 2 is 2.12 bits per heavy atom. The molecule has 4 nitrogen and oxygen atoms in total. The normalized spacial score (nSPS) is 10.7. The van der Waals surface area contributed by atoms with Gasteiger partial charge in [0.25, 0.3) is 5.56 Å². The van der Waals surface area contributed by atoms with Gasteiger partial charge in [0.15, 0.2) is 0 Å². The van der Waals surface area contributed by atoms with E-state index in [4.69, 9.17) is 0 Å². The zero-order chi connectivity index (χ0) is 12.3. The van der Waals surface area contributed by atoms with Crippen LogP contribution >= 0.6 is 31.9 Å². The first-order valence-electron chi connectivity index (χ1n) is 5.18. The smallest absolute Gasteiger partial charge is 0.264 e. The van der Waals surface area contributed by atoms with Gasteiger partial charge in [-0.05, 0) is 44.3 Å². The second-order valence-corrected chi connectivity index (χ2v) is 5.43. The van der Waals surface area contributed by atoms with Crippen molar-refractivity contribution in [3.8, 4) is 0 Å². The first kappa shape index (κ1) is 12.6. The molecule has 2 aromatic heterocycles. The van der Waals surface area contributed by atoms with Gasteiger partial charge in [-0.25, -0.2) is 4.98 Å². The maximum atomic E-state index is 11.8. The molecule has 0 spiro atoms. The fraction of sp³-hybridized carbons (Fsp3) is 0.273. The quantitative estimate of drug-likeness (QED) is 0.840. The van der Waals surface area contributed by atoms with E-state index in [1.165, 1.54) is 0 Å². The van der Waals surface area contributed by atoms with Crippen LogP contribution in [0.25, 0.3) is 0 Å². The third kappa shape index (κ3) is 3.29. The number of hydrogen-bond acceptors (Lipinski definition) is 2. The third-order valence-electron chi connectivity index (χ3n) is 2.38. The molecule has 0 radical (unpaired) electrons. The molecule has 0 aromatic carbocycles. The summed E-state index contributed by atoms with van der Waals surface area (Å²) in [6.07, 6.45) is 8.14. The standard InChI is InChI=1S/C11H11Br2N3O/c12-9-6-10(13)11(17)16(7-9)4-1-3-15-5-2-14-8-15/h2,5-8H,1,3-4H2. The maximum absolute atomic E-state index is 11.8. The SMILES string of the molecule is O=c1c(Br)cc(Br)cn1CCCn1ccnc1. The summed E-state index contributed by atoms with van der Waals surface area (Å²) in [4.78, 5) is 15.8. The van der Waals surface area contributed by atoms with Crippen LogP contribution in [0.3, 0.4) is 0 Å². The molecule has 2 heterocycles. The number of aromatic nitrogens is 3. The second kappa shape index (κ2) is 5.64. The summed E-state index contributed by atoms with van der Waals surface area (Å²) in [5.74, 6) is 0. The Labute approximate surface area is 116 Å². The predicted octanol–water partition coefficient (Wildman–Crippen LogP) is 2.66. The number of halogens is 2. The number of hydrogen-bond donors (Lipinski definition) is 0. The molecular formula is C11H11Br2N3O. The van der Waals surface area contributed by atoms with Crippen LogP contribution in [0.4, 0.5) is 0 Å². The molecule has 17 heavy (non-hydrogen) atoms. The van der Waals surface area contributed by atoms with Crippen LogP contribution in [0, 0.1) is 0 Å². The largest absolute Gasteiger partial charge is 0.337 e. The summed E-state index contributed by atoms with van der Waals surface area (Å²) in [6, 6.07) is 1.76. The molecule has 0 aliphatic heterocycles. The van der Waals surface area contributed by atoms with Crippen molar-refractivity contribution in [2.24, 2.45) is 0 Å². The van der Waals surface area contributed by atoms with Gasteiger partial charge in [-0.15, -0.1) is 0 Å². The molecule has 6 heteroatoms. The summed E-state index contributed by atoms with van der Waals surface area (Å²) in [5, 5.41) is 0. The lowest BCUT2D eigenvalue weighted by atomic mass is 10.4. The zero-order valence-electron chi connectivity index (χ0n) is 9.01. The van der Waals surface area contributed by atoms with Crippen molar-refractivity contribution in [1.82, 2.24) is 14.1 Å². The van der Waals surface area contributed by atoms with Gasteiger partial charge in [0, 0.05) is 36.2 Å². The summed E-state index contributed by atoms with van der Waals surface area (Å²) in [7, 11) is 0. The number of pyridine rings is 1. The highest BCUT2D eigenvalue weighted by Crippen LogP contribution is 2.12. The van der Waals surface area contributed by atoms with Crippen molar-refractivity contribution in [2.45, 2.75) is 19.5 Å². The molecule has 0 fully saturated rings. The van der Waals surface area contributed by atoms with Crippen molar-refractivity contribution in [3.05, 3.63) is 50.3 Å². The Balaban J connectivity index is 2.02. The number of imidazole rings is 1. The van der Waals surface area contributed by atoms with Gasteiger partial charge in [-0.2, -0.15) is 0 Å². The molecule has 0 amide bonds. The maximum Gasteiger partial charge on any atom is 0.264 e.